The first kappa shape index (κ1) is 10.2. The van der Waals surface area contributed by atoms with Gasteiger partial charge in [-0.25, -0.2) is 10.7 Å². The predicted octanol–water partition coefficient (Wildman–Crippen LogP) is 0.334. The molecule has 6 heteroatoms. The number of rotatable bonds is 4. The summed E-state index contributed by atoms with van der Waals surface area (Å²) in [7, 11) is 1.54. The van der Waals surface area contributed by atoms with Crippen molar-refractivity contribution >= 4 is 0 Å². The van der Waals surface area contributed by atoms with E-state index in [-0.39, 0.29) is 12.2 Å². The quantitative estimate of drug-likeness (QED) is 0.419. The van der Waals surface area contributed by atoms with Crippen LogP contribution in [0.3, 0.4) is 0 Å². The van der Waals surface area contributed by atoms with Gasteiger partial charge in [0.05, 0.1) is 0 Å². The smallest absolute Gasteiger partial charge is 0.325 e. The van der Waals surface area contributed by atoms with E-state index in [1.165, 1.54) is 5.32 Å². The van der Waals surface area contributed by atoms with Crippen LogP contribution in [0.5, 0.6) is 0 Å². The molecule has 0 aliphatic carbocycles. The fraction of sp³-hybridized carbons (Fsp3) is 0.600. The molecule has 0 aliphatic rings. The molecule has 3 N–H and O–H groups in total. The maximum Gasteiger partial charge on any atom is 0.457 e. The van der Waals surface area contributed by atoms with E-state index in [1.54, 1.807) is 7.05 Å². The van der Waals surface area contributed by atoms with Crippen molar-refractivity contribution in [1.29, 1.82) is 0 Å². The van der Waals surface area contributed by atoms with Crippen LogP contribution in [0.2, 0.25) is 0 Å². The van der Waals surface area contributed by atoms with Crippen LogP contribution >= 0.6 is 0 Å². The van der Waals surface area contributed by atoms with Crippen LogP contribution in [0.4, 0.5) is 13.2 Å². The number of alkyl halides is 3. The van der Waals surface area contributed by atoms with Crippen LogP contribution in [0.15, 0.2) is 12.3 Å². The minimum absolute atomic E-state index is 0.227. The second-order valence-electron chi connectivity index (χ2n) is 1.83. The van der Waals surface area contributed by atoms with Crippen LogP contribution < -0.4 is 16.2 Å². The van der Waals surface area contributed by atoms with Gasteiger partial charge in [0.15, 0.2) is 0 Å². The number of hydrazine groups is 1. The normalized spacial score (nSPS) is 11.3. The third-order valence-electron chi connectivity index (χ3n) is 0.804. The van der Waals surface area contributed by atoms with Gasteiger partial charge in [0.25, 0.3) is 0 Å². The third kappa shape index (κ3) is 7.14. The average Bonchev–Trinajstić information content (AvgIpc) is 1.83. The van der Waals surface area contributed by atoms with Gasteiger partial charge >= 0.3 is 6.30 Å². The Morgan fingerprint density at radius 2 is 2.00 bits per heavy atom. The molecule has 3 nitrogen and oxygen atoms in total. The average molecular weight is 169 g/mol. The van der Waals surface area contributed by atoms with Gasteiger partial charge in [-0.1, -0.05) is 6.58 Å². The molecule has 0 saturated carbocycles. The van der Waals surface area contributed by atoms with Gasteiger partial charge in [0.2, 0.25) is 0 Å². The van der Waals surface area contributed by atoms with Crippen molar-refractivity contribution in [2.24, 2.45) is 0 Å². The highest BCUT2D eigenvalue weighted by atomic mass is 19.4. The Kier molecular flexibility index (Phi) is 3.91. The fourth-order valence-electron chi connectivity index (χ4n) is 0.428. The number of nitrogens with one attached hydrogen (secondary N) is 3. The van der Waals surface area contributed by atoms with E-state index in [4.69, 9.17) is 0 Å². The van der Waals surface area contributed by atoms with Gasteiger partial charge in [-0.3, -0.25) is 0 Å². The molecule has 0 unspecified atom stereocenters. The van der Waals surface area contributed by atoms with Gasteiger partial charge in [-0.15, -0.1) is 0 Å². The zero-order chi connectivity index (χ0) is 8.91. The molecule has 0 saturated heterocycles. The molecule has 0 aromatic rings. The topological polar surface area (TPSA) is 36.1 Å². The van der Waals surface area contributed by atoms with Gasteiger partial charge in [-0.2, -0.15) is 13.2 Å². The van der Waals surface area contributed by atoms with Gasteiger partial charge < -0.3 is 5.43 Å². The third-order valence-corrected chi connectivity index (χ3v) is 0.804. The summed E-state index contributed by atoms with van der Waals surface area (Å²) in [6.45, 7) is 2.97. The lowest BCUT2D eigenvalue weighted by Gasteiger charge is -2.11. The van der Waals surface area contributed by atoms with Crippen LogP contribution in [0.25, 0.3) is 0 Å². The Morgan fingerprint density at radius 3 is 2.36 bits per heavy atom. The molecule has 0 heterocycles. The summed E-state index contributed by atoms with van der Waals surface area (Å²) in [5, 5.41) is 1.30. The summed E-state index contributed by atoms with van der Waals surface area (Å²) in [4.78, 5) is 0. The lowest BCUT2D eigenvalue weighted by Crippen LogP contribution is -2.38. The van der Waals surface area contributed by atoms with Gasteiger partial charge in [0, 0.05) is 19.3 Å². The lowest BCUT2D eigenvalue weighted by molar-refractivity contribution is -0.155. The van der Waals surface area contributed by atoms with E-state index in [1.807, 2.05) is 0 Å². The highest BCUT2D eigenvalue weighted by molar-refractivity contribution is 4.91. The van der Waals surface area contributed by atoms with Crippen molar-refractivity contribution in [2.75, 3.05) is 13.6 Å². The summed E-state index contributed by atoms with van der Waals surface area (Å²) in [6.07, 6.45) is -4.35. The van der Waals surface area contributed by atoms with Crippen molar-refractivity contribution in [3.63, 3.8) is 0 Å². The predicted molar refractivity (Wildman–Crippen MR) is 35.4 cm³/mol. The molecule has 0 bridgehead atoms. The number of hydrogen-bond donors (Lipinski definition) is 3. The van der Waals surface area contributed by atoms with Crippen LogP contribution in [-0.2, 0) is 0 Å². The van der Waals surface area contributed by atoms with E-state index < -0.39 is 6.30 Å². The second-order valence-corrected chi connectivity index (χ2v) is 1.83. The Morgan fingerprint density at radius 1 is 1.45 bits per heavy atom. The molecule has 0 fully saturated rings. The monoisotopic (exact) mass is 169 g/mol. The Hall–Kier alpha value is -0.750. The number of halogens is 3. The Bertz CT molecular complexity index is 131. The van der Waals surface area contributed by atoms with Crippen molar-refractivity contribution in [3.8, 4) is 0 Å². The van der Waals surface area contributed by atoms with Crippen LogP contribution in [-0.4, -0.2) is 19.9 Å². The molecule has 0 radical (unpaired) electrons. The molecule has 0 aliphatic heterocycles. The molecule has 66 valence electrons. The zero-order valence-corrected chi connectivity index (χ0v) is 6.05. The van der Waals surface area contributed by atoms with Crippen molar-refractivity contribution < 1.29 is 13.2 Å². The maximum atomic E-state index is 11.5. The summed E-state index contributed by atoms with van der Waals surface area (Å²) in [5.74, 6) is 0. The molecule has 0 aromatic carbocycles. The first-order chi connectivity index (χ1) is 4.95. The van der Waals surface area contributed by atoms with E-state index in [0.29, 0.717) is 0 Å². The largest absolute Gasteiger partial charge is 0.457 e. The lowest BCUT2D eigenvalue weighted by atomic mass is 10.5. The van der Waals surface area contributed by atoms with Gasteiger partial charge in [-0.05, 0) is 0 Å². The Balaban J connectivity index is 3.46. The molecular formula is C5H10F3N3. The molecular weight excluding hydrogens is 159 g/mol. The second kappa shape index (κ2) is 4.20. The van der Waals surface area contributed by atoms with Crippen molar-refractivity contribution in [1.82, 2.24) is 16.2 Å². The van der Waals surface area contributed by atoms with Crippen molar-refractivity contribution in [2.45, 2.75) is 6.30 Å². The summed E-state index contributed by atoms with van der Waals surface area (Å²) in [6, 6.07) is 0. The highest BCUT2D eigenvalue weighted by Gasteiger charge is 2.25. The summed E-state index contributed by atoms with van der Waals surface area (Å²) >= 11 is 0. The zero-order valence-electron chi connectivity index (χ0n) is 6.05. The SMILES string of the molecule is C=C(CNC(F)(F)F)NNC. The number of hydrogen-bond acceptors (Lipinski definition) is 3. The summed E-state index contributed by atoms with van der Waals surface area (Å²) in [5.41, 5.74) is 5.08. The first-order valence-electron chi connectivity index (χ1n) is 2.88. The van der Waals surface area contributed by atoms with E-state index in [9.17, 15) is 13.2 Å². The summed E-state index contributed by atoms with van der Waals surface area (Å²) < 4.78 is 34.4. The van der Waals surface area contributed by atoms with Crippen LogP contribution in [0, 0.1) is 0 Å². The minimum Gasteiger partial charge on any atom is -0.325 e. The fourth-order valence-corrected chi connectivity index (χ4v) is 0.428. The molecule has 0 aromatic heterocycles. The van der Waals surface area contributed by atoms with E-state index in [0.717, 1.165) is 0 Å². The molecule has 0 spiro atoms. The molecule has 11 heavy (non-hydrogen) atoms. The van der Waals surface area contributed by atoms with Gasteiger partial charge in [0.1, 0.15) is 0 Å². The standard InChI is InChI=1S/C5H10F3N3/c1-4(11-9-2)3-10-5(6,7)8/h9-11H,1,3H2,2H3. The highest BCUT2D eigenvalue weighted by Crippen LogP contribution is 2.08. The van der Waals surface area contributed by atoms with Crippen LogP contribution in [0.1, 0.15) is 0 Å². The Labute approximate surface area is 62.6 Å². The van der Waals surface area contributed by atoms with Crippen molar-refractivity contribution in [3.05, 3.63) is 12.3 Å². The van der Waals surface area contributed by atoms with E-state index >= 15 is 0 Å². The minimum atomic E-state index is -4.35. The molecule has 0 atom stereocenters. The maximum absolute atomic E-state index is 11.5. The molecule has 0 rings (SSSR count). The van der Waals surface area contributed by atoms with E-state index in [2.05, 4.69) is 17.4 Å². The molecule has 0 amide bonds. The first-order valence-corrected chi connectivity index (χ1v) is 2.88.